The van der Waals surface area contributed by atoms with Gasteiger partial charge in [0.1, 0.15) is 5.82 Å². The molecule has 0 aliphatic heterocycles. The lowest BCUT2D eigenvalue weighted by molar-refractivity contribution is 0.548. The lowest BCUT2D eigenvalue weighted by Gasteiger charge is -2.17. The summed E-state index contributed by atoms with van der Waals surface area (Å²) in [6, 6.07) is 9.37. The number of allylic oxidation sites excluding steroid dienone is 1. The highest BCUT2D eigenvalue weighted by Crippen LogP contribution is 2.18. The molecule has 3 nitrogen and oxygen atoms in total. The normalized spacial score (nSPS) is 12.5. The van der Waals surface area contributed by atoms with Gasteiger partial charge in [0.05, 0.1) is 0 Å². The molecule has 1 aromatic carbocycles. The van der Waals surface area contributed by atoms with E-state index in [4.69, 9.17) is 5.73 Å². The maximum atomic E-state index is 12.3. The minimum Gasteiger partial charge on any atom is -0.385 e. The van der Waals surface area contributed by atoms with Crippen molar-refractivity contribution in [2.24, 2.45) is 0 Å². The van der Waals surface area contributed by atoms with Crippen LogP contribution >= 0.6 is 0 Å². The molecule has 0 amide bonds. The zero-order valence-electron chi connectivity index (χ0n) is 9.89. The second-order valence-electron chi connectivity index (χ2n) is 4.21. The molecule has 0 aliphatic rings. The number of fused-ring (bicyclic) bond motifs is 1. The first-order chi connectivity index (χ1) is 8.15. The maximum Gasteiger partial charge on any atom is 0.260 e. The molecular formula is C14H16N2O. The van der Waals surface area contributed by atoms with Crippen LogP contribution in [0, 0.1) is 0 Å². The van der Waals surface area contributed by atoms with Crippen molar-refractivity contribution >= 4 is 16.6 Å². The van der Waals surface area contributed by atoms with Crippen LogP contribution in [0.1, 0.15) is 19.4 Å². The summed E-state index contributed by atoms with van der Waals surface area (Å²) in [6.45, 7) is 5.66. The van der Waals surface area contributed by atoms with Gasteiger partial charge in [-0.05, 0) is 30.9 Å². The number of hydrogen-bond donors (Lipinski definition) is 1. The highest BCUT2D eigenvalue weighted by molar-refractivity contribution is 5.83. The minimum atomic E-state index is -0.0325. The van der Waals surface area contributed by atoms with Crippen LogP contribution in [0.4, 0.5) is 5.82 Å². The van der Waals surface area contributed by atoms with Crippen molar-refractivity contribution in [2.45, 2.75) is 19.4 Å². The molecule has 0 saturated heterocycles. The van der Waals surface area contributed by atoms with Gasteiger partial charge >= 0.3 is 0 Å². The molecule has 2 rings (SSSR count). The molecule has 2 N–H and O–H groups in total. The monoisotopic (exact) mass is 228 g/mol. The second kappa shape index (κ2) is 4.45. The second-order valence-corrected chi connectivity index (χ2v) is 4.21. The van der Waals surface area contributed by atoms with E-state index < -0.39 is 0 Å². The molecule has 0 radical (unpaired) electrons. The highest BCUT2D eigenvalue weighted by Gasteiger charge is 2.11. The standard InChI is InChI=1S/C14H16N2O/c1-3-6-10(2)16-13(15)9-11-7-4-5-8-12(11)14(16)17/h3-5,7-10H,1,6,15H2,2H3. The topological polar surface area (TPSA) is 48.0 Å². The summed E-state index contributed by atoms with van der Waals surface area (Å²) >= 11 is 0. The molecule has 0 fully saturated rings. The van der Waals surface area contributed by atoms with Gasteiger partial charge in [0, 0.05) is 11.4 Å². The Balaban J connectivity index is 2.72. The minimum absolute atomic E-state index is 0.0320. The number of hydrogen-bond acceptors (Lipinski definition) is 2. The van der Waals surface area contributed by atoms with Crippen LogP contribution in [0.3, 0.4) is 0 Å². The first-order valence-electron chi connectivity index (χ1n) is 5.66. The summed E-state index contributed by atoms with van der Waals surface area (Å²) < 4.78 is 1.63. The number of nitrogens with two attached hydrogens (primary N) is 1. The van der Waals surface area contributed by atoms with E-state index in [1.165, 1.54) is 0 Å². The van der Waals surface area contributed by atoms with Crippen molar-refractivity contribution in [3.63, 3.8) is 0 Å². The van der Waals surface area contributed by atoms with E-state index in [1.54, 1.807) is 10.6 Å². The first kappa shape index (κ1) is 11.5. The van der Waals surface area contributed by atoms with Crippen LogP contribution in [-0.4, -0.2) is 4.57 Å². The summed E-state index contributed by atoms with van der Waals surface area (Å²) in [5.41, 5.74) is 5.91. The third-order valence-corrected chi connectivity index (χ3v) is 2.94. The van der Waals surface area contributed by atoms with Gasteiger partial charge in [0.15, 0.2) is 0 Å². The Bertz CT molecular complexity index is 613. The lowest BCUT2D eigenvalue weighted by Crippen LogP contribution is -2.25. The van der Waals surface area contributed by atoms with E-state index in [-0.39, 0.29) is 11.6 Å². The summed E-state index contributed by atoms with van der Waals surface area (Å²) in [5, 5.41) is 1.59. The van der Waals surface area contributed by atoms with Gasteiger partial charge in [-0.15, -0.1) is 6.58 Å². The van der Waals surface area contributed by atoms with Crippen LogP contribution in [0.2, 0.25) is 0 Å². The zero-order chi connectivity index (χ0) is 12.4. The van der Waals surface area contributed by atoms with Gasteiger partial charge in [-0.25, -0.2) is 0 Å². The number of nitrogens with zero attached hydrogens (tertiary/aromatic N) is 1. The van der Waals surface area contributed by atoms with Crippen LogP contribution in [0.25, 0.3) is 10.8 Å². The maximum absolute atomic E-state index is 12.3. The number of rotatable bonds is 3. The molecule has 88 valence electrons. The number of nitrogen functional groups attached to an aromatic ring is 1. The predicted octanol–water partition coefficient (Wildman–Crippen LogP) is 2.72. The van der Waals surface area contributed by atoms with E-state index in [1.807, 2.05) is 37.3 Å². The molecule has 0 bridgehead atoms. The fraction of sp³-hybridized carbons (Fsp3) is 0.214. The molecule has 2 aromatic rings. The Morgan fingerprint density at radius 1 is 1.47 bits per heavy atom. The molecule has 0 spiro atoms. The van der Waals surface area contributed by atoms with Gasteiger partial charge in [-0.2, -0.15) is 0 Å². The van der Waals surface area contributed by atoms with Crippen molar-refractivity contribution in [2.75, 3.05) is 5.73 Å². The van der Waals surface area contributed by atoms with Gasteiger partial charge in [-0.3, -0.25) is 9.36 Å². The Morgan fingerprint density at radius 3 is 2.88 bits per heavy atom. The van der Waals surface area contributed by atoms with Crippen molar-refractivity contribution in [1.82, 2.24) is 4.57 Å². The van der Waals surface area contributed by atoms with E-state index in [2.05, 4.69) is 6.58 Å². The Kier molecular flexibility index (Phi) is 3.00. The van der Waals surface area contributed by atoms with E-state index >= 15 is 0 Å². The van der Waals surface area contributed by atoms with Gasteiger partial charge < -0.3 is 5.73 Å². The lowest BCUT2D eigenvalue weighted by atomic mass is 10.1. The van der Waals surface area contributed by atoms with Crippen molar-refractivity contribution in [1.29, 1.82) is 0 Å². The smallest absolute Gasteiger partial charge is 0.260 e. The third kappa shape index (κ3) is 1.96. The number of benzene rings is 1. The number of aromatic nitrogens is 1. The molecule has 0 saturated carbocycles. The Hall–Kier alpha value is -2.03. The van der Waals surface area contributed by atoms with E-state index in [9.17, 15) is 4.79 Å². The number of anilines is 1. The van der Waals surface area contributed by atoms with Crippen molar-refractivity contribution < 1.29 is 0 Å². The van der Waals surface area contributed by atoms with Crippen LogP contribution in [0.5, 0.6) is 0 Å². The molecule has 3 heteroatoms. The van der Waals surface area contributed by atoms with Crippen LogP contribution in [0.15, 0.2) is 47.8 Å². The van der Waals surface area contributed by atoms with Crippen LogP contribution < -0.4 is 11.3 Å². The average molecular weight is 228 g/mol. The van der Waals surface area contributed by atoms with Crippen molar-refractivity contribution in [3.05, 3.63) is 53.3 Å². The number of pyridine rings is 1. The largest absolute Gasteiger partial charge is 0.385 e. The highest BCUT2D eigenvalue weighted by atomic mass is 16.1. The Labute approximate surface area is 100 Å². The van der Waals surface area contributed by atoms with Gasteiger partial charge in [0.2, 0.25) is 0 Å². The quantitative estimate of drug-likeness (QED) is 0.821. The third-order valence-electron chi connectivity index (χ3n) is 2.94. The molecule has 1 atom stereocenters. The summed E-state index contributed by atoms with van der Waals surface area (Å²) in [7, 11) is 0. The fourth-order valence-corrected chi connectivity index (χ4v) is 2.09. The first-order valence-corrected chi connectivity index (χ1v) is 5.66. The molecule has 1 heterocycles. The summed E-state index contributed by atoms with van der Waals surface area (Å²) in [5.74, 6) is 0.503. The summed E-state index contributed by atoms with van der Waals surface area (Å²) in [6.07, 6.45) is 2.52. The zero-order valence-corrected chi connectivity index (χ0v) is 9.89. The van der Waals surface area contributed by atoms with Crippen molar-refractivity contribution in [3.8, 4) is 0 Å². The average Bonchev–Trinajstić information content (AvgIpc) is 2.29. The van der Waals surface area contributed by atoms with Gasteiger partial charge in [0.25, 0.3) is 5.56 Å². The molecule has 1 unspecified atom stereocenters. The SMILES string of the molecule is C=CCC(C)n1c(N)cc2ccccc2c1=O. The Morgan fingerprint density at radius 2 is 2.18 bits per heavy atom. The van der Waals surface area contributed by atoms with Crippen LogP contribution in [-0.2, 0) is 0 Å². The molecular weight excluding hydrogens is 212 g/mol. The van der Waals surface area contributed by atoms with Gasteiger partial charge in [-0.1, -0.05) is 24.3 Å². The summed E-state index contributed by atoms with van der Waals surface area (Å²) in [4.78, 5) is 12.3. The van der Waals surface area contributed by atoms with E-state index in [0.29, 0.717) is 11.2 Å². The molecule has 1 aromatic heterocycles. The predicted molar refractivity (Wildman–Crippen MR) is 72.1 cm³/mol. The fourth-order valence-electron chi connectivity index (χ4n) is 2.09. The molecule has 0 aliphatic carbocycles. The van der Waals surface area contributed by atoms with E-state index in [0.717, 1.165) is 11.8 Å². The molecule has 17 heavy (non-hydrogen) atoms.